The van der Waals surface area contributed by atoms with E-state index in [-0.39, 0.29) is 5.92 Å². The molecule has 0 rings (SSSR count). The van der Waals surface area contributed by atoms with E-state index in [4.69, 9.17) is 0 Å². The molecule has 0 aliphatic carbocycles. The van der Waals surface area contributed by atoms with Gasteiger partial charge in [-0.15, -0.1) is 0 Å². The van der Waals surface area contributed by atoms with Crippen molar-refractivity contribution in [2.45, 2.75) is 26.3 Å². The van der Waals surface area contributed by atoms with Gasteiger partial charge in [0.2, 0.25) is 0 Å². The molecule has 0 amide bonds. The molecule has 0 N–H and O–H groups in total. The van der Waals surface area contributed by atoms with Gasteiger partial charge in [0.1, 0.15) is 0 Å². The third-order valence-electron chi connectivity index (χ3n) is 1.38. The van der Waals surface area contributed by atoms with E-state index in [2.05, 4.69) is 9.10 Å². The molecular weight excluding hydrogens is 194 g/mol. The number of rotatable bonds is 4. The molecule has 0 saturated heterocycles. The van der Waals surface area contributed by atoms with Gasteiger partial charge in [-0.3, -0.25) is 0 Å². The third-order valence-corrected chi connectivity index (χ3v) is 1.81. The molecule has 13 heavy (non-hydrogen) atoms. The Hall–Kier alpha value is -0.910. The molecule has 0 aliphatic rings. The van der Waals surface area contributed by atoms with Crippen LogP contribution in [0.4, 0.5) is 0 Å². The van der Waals surface area contributed by atoms with Crippen molar-refractivity contribution in [2.24, 2.45) is 10.3 Å². The second-order valence-electron chi connectivity index (χ2n) is 2.99. The summed E-state index contributed by atoms with van der Waals surface area (Å²) in [6, 6.07) is -0.900. The maximum absolute atomic E-state index is 11.0. The van der Waals surface area contributed by atoms with Crippen LogP contribution in [0.1, 0.15) is 20.3 Å². The van der Waals surface area contributed by atoms with E-state index < -0.39 is 22.5 Å². The number of ether oxygens (including phenoxy) is 1. The first-order chi connectivity index (χ1) is 5.97. The van der Waals surface area contributed by atoms with E-state index in [0.717, 1.165) is 0 Å². The lowest BCUT2D eigenvalue weighted by Crippen LogP contribution is -2.21. The van der Waals surface area contributed by atoms with Crippen LogP contribution in [-0.4, -0.2) is 27.5 Å². The minimum atomic E-state index is -2.56. The topological polar surface area (TPSA) is 72.8 Å². The molecule has 0 bridgehead atoms. The van der Waals surface area contributed by atoms with Gasteiger partial charge in [-0.05, 0) is 12.3 Å². The van der Waals surface area contributed by atoms with E-state index >= 15 is 0 Å². The molecule has 0 aromatic heterocycles. The van der Waals surface area contributed by atoms with Gasteiger partial charge in [0.15, 0.2) is 6.04 Å². The SMILES string of the molecule is COC(=O)C(CC(C)C)N=S(=O)=O. The highest BCUT2D eigenvalue weighted by Crippen LogP contribution is 2.09. The fourth-order valence-corrected chi connectivity index (χ4v) is 1.25. The second kappa shape index (κ2) is 5.69. The lowest BCUT2D eigenvalue weighted by molar-refractivity contribution is -0.142. The van der Waals surface area contributed by atoms with E-state index in [1.165, 1.54) is 7.11 Å². The van der Waals surface area contributed by atoms with Gasteiger partial charge in [0.25, 0.3) is 0 Å². The first-order valence-electron chi connectivity index (χ1n) is 3.85. The molecule has 6 heteroatoms. The van der Waals surface area contributed by atoms with Gasteiger partial charge < -0.3 is 4.74 Å². The normalized spacial score (nSPS) is 12.3. The largest absolute Gasteiger partial charge is 0.467 e. The van der Waals surface area contributed by atoms with Crippen molar-refractivity contribution < 1.29 is 17.9 Å². The van der Waals surface area contributed by atoms with Crippen molar-refractivity contribution in [3.05, 3.63) is 0 Å². The average Bonchev–Trinajstić information content (AvgIpc) is 2.00. The van der Waals surface area contributed by atoms with Gasteiger partial charge in [-0.25, -0.2) is 4.79 Å². The molecule has 5 nitrogen and oxygen atoms in total. The molecule has 0 radical (unpaired) electrons. The fourth-order valence-electron chi connectivity index (χ4n) is 0.869. The highest BCUT2D eigenvalue weighted by atomic mass is 32.2. The summed E-state index contributed by atoms with van der Waals surface area (Å²) in [7, 11) is -1.35. The van der Waals surface area contributed by atoms with Gasteiger partial charge in [0, 0.05) is 0 Å². The standard InChI is InChI=1S/C7H13NO4S/c1-5(2)4-6(7(9)12-3)8-13(10)11/h5-6H,4H2,1-3H3. The number of methoxy groups -OCH3 is 1. The lowest BCUT2D eigenvalue weighted by atomic mass is 10.1. The molecule has 76 valence electrons. The molecule has 0 spiro atoms. The van der Waals surface area contributed by atoms with Gasteiger partial charge in [-0.2, -0.15) is 12.8 Å². The van der Waals surface area contributed by atoms with E-state index in [0.29, 0.717) is 6.42 Å². The predicted molar refractivity (Wildman–Crippen MR) is 46.6 cm³/mol. The van der Waals surface area contributed by atoms with Crippen LogP contribution in [0.15, 0.2) is 4.36 Å². The molecule has 0 aliphatic heterocycles. The van der Waals surface area contributed by atoms with Crippen LogP contribution in [0.5, 0.6) is 0 Å². The maximum Gasteiger partial charge on any atom is 0.331 e. The maximum atomic E-state index is 11.0. The van der Waals surface area contributed by atoms with Crippen LogP contribution in [0.2, 0.25) is 0 Å². The number of hydrogen-bond donors (Lipinski definition) is 0. The van der Waals surface area contributed by atoms with Gasteiger partial charge in [0.05, 0.1) is 7.11 Å². The average molecular weight is 207 g/mol. The molecule has 0 heterocycles. The number of hydrogen-bond acceptors (Lipinski definition) is 5. The first kappa shape index (κ1) is 12.1. The summed E-state index contributed by atoms with van der Waals surface area (Å²) in [6.45, 7) is 3.75. The van der Waals surface area contributed by atoms with Crippen molar-refractivity contribution in [2.75, 3.05) is 7.11 Å². The quantitative estimate of drug-likeness (QED) is 0.634. The Labute approximate surface area is 78.8 Å². The Morgan fingerprint density at radius 2 is 2.00 bits per heavy atom. The van der Waals surface area contributed by atoms with Crippen molar-refractivity contribution in [1.29, 1.82) is 0 Å². The van der Waals surface area contributed by atoms with Crippen LogP contribution in [0, 0.1) is 5.92 Å². The van der Waals surface area contributed by atoms with Gasteiger partial charge >= 0.3 is 16.5 Å². The number of carbonyl (C=O) groups excluding carboxylic acids is 1. The number of nitrogens with zero attached hydrogens (tertiary/aromatic N) is 1. The predicted octanol–water partition coefficient (Wildman–Crippen LogP) is 0.637. The minimum Gasteiger partial charge on any atom is -0.467 e. The van der Waals surface area contributed by atoms with Gasteiger partial charge in [-0.1, -0.05) is 13.8 Å². The van der Waals surface area contributed by atoms with Crippen LogP contribution >= 0.6 is 0 Å². The first-order valence-corrected chi connectivity index (χ1v) is 4.88. The smallest absolute Gasteiger partial charge is 0.331 e. The molecular formula is C7H13NO4S. The van der Waals surface area contributed by atoms with Crippen LogP contribution in [0.25, 0.3) is 0 Å². The Bertz CT molecular complexity index is 286. The zero-order valence-electron chi connectivity index (χ0n) is 7.85. The van der Waals surface area contributed by atoms with Crippen LogP contribution in [-0.2, 0) is 20.0 Å². The second-order valence-corrected chi connectivity index (χ2v) is 3.64. The fraction of sp³-hybridized carbons (Fsp3) is 0.857. The number of esters is 1. The molecule has 1 atom stereocenters. The van der Waals surface area contributed by atoms with Crippen molar-refractivity contribution in [3.8, 4) is 0 Å². The summed E-state index contributed by atoms with van der Waals surface area (Å²) in [4.78, 5) is 11.0. The molecule has 0 fully saturated rings. The highest BCUT2D eigenvalue weighted by Gasteiger charge is 2.19. The Balaban J connectivity index is 4.56. The minimum absolute atomic E-state index is 0.191. The van der Waals surface area contributed by atoms with Crippen molar-refractivity contribution in [3.63, 3.8) is 0 Å². The van der Waals surface area contributed by atoms with Crippen molar-refractivity contribution >= 4 is 16.5 Å². The van der Waals surface area contributed by atoms with E-state index in [1.807, 2.05) is 13.8 Å². The molecule has 1 unspecified atom stereocenters. The monoisotopic (exact) mass is 207 g/mol. The Morgan fingerprint density at radius 3 is 2.31 bits per heavy atom. The summed E-state index contributed by atoms with van der Waals surface area (Å²) in [5.74, 6) is -0.422. The molecule has 0 aromatic rings. The summed E-state index contributed by atoms with van der Waals surface area (Å²) in [6.07, 6.45) is 0.376. The summed E-state index contributed by atoms with van der Waals surface area (Å²) >= 11 is 0. The Kier molecular flexibility index (Phi) is 5.29. The van der Waals surface area contributed by atoms with Crippen molar-refractivity contribution in [1.82, 2.24) is 0 Å². The highest BCUT2D eigenvalue weighted by molar-refractivity contribution is 7.61. The summed E-state index contributed by atoms with van der Waals surface area (Å²) in [5.41, 5.74) is 0. The van der Waals surface area contributed by atoms with E-state index in [1.54, 1.807) is 0 Å². The van der Waals surface area contributed by atoms with Crippen LogP contribution in [0.3, 0.4) is 0 Å². The summed E-state index contributed by atoms with van der Waals surface area (Å²) in [5, 5.41) is 0. The number of carbonyl (C=O) groups is 1. The zero-order valence-corrected chi connectivity index (χ0v) is 8.67. The Morgan fingerprint density at radius 1 is 1.46 bits per heavy atom. The lowest BCUT2D eigenvalue weighted by Gasteiger charge is -2.09. The molecule has 0 saturated carbocycles. The summed E-state index contributed by atoms with van der Waals surface area (Å²) < 4.78 is 28.1. The van der Waals surface area contributed by atoms with E-state index in [9.17, 15) is 13.2 Å². The van der Waals surface area contributed by atoms with Crippen LogP contribution < -0.4 is 0 Å². The third kappa shape index (κ3) is 5.35. The molecule has 0 aromatic carbocycles. The zero-order chi connectivity index (χ0) is 10.4.